The number of carbonyl (C=O) groups excluding carboxylic acids is 1. The van der Waals surface area contributed by atoms with Crippen LogP contribution in [0.15, 0.2) is 88.9 Å². The predicted molar refractivity (Wildman–Crippen MR) is 134 cm³/mol. The van der Waals surface area contributed by atoms with E-state index < -0.39 is 20.6 Å². The summed E-state index contributed by atoms with van der Waals surface area (Å²) in [6.45, 7) is 0. The molecule has 0 atom stereocenters. The highest BCUT2D eigenvalue weighted by atomic mass is 35.5. The van der Waals surface area contributed by atoms with E-state index in [0.717, 1.165) is 16.8 Å². The van der Waals surface area contributed by atoms with Gasteiger partial charge in [-0.1, -0.05) is 48.0 Å². The highest BCUT2D eigenvalue weighted by molar-refractivity contribution is 7.92. The Kier molecular flexibility index (Phi) is 5.46. The smallest absolute Gasteiger partial charge is 0.287 e. The van der Waals surface area contributed by atoms with Gasteiger partial charge < -0.3 is 0 Å². The summed E-state index contributed by atoms with van der Waals surface area (Å²) in [7, 11) is -4.12. The zero-order chi connectivity index (χ0) is 24.7. The van der Waals surface area contributed by atoms with Gasteiger partial charge in [-0.25, -0.2) is 8.42 Å². The first-order valence-electron chi connectivity index (χ1n) is 10.2. The van der Waals surface area contributed by atoms with Gasteiger partial charge in [-0.3, -0.25) is 25.1 Å². The number of nitrogens with one attached hydrogen (secondary N) is 2. The minimum atomic E-state index is -4.12. The third-order valence-electron chi connectivity index (χ3n) is 5.48. The molecule has 0 saturated heterocycles. The SMILES string of the molecule is O=C1/C(=N/Nc2ccc(S(=O)(=O)Nc3ccc(Cl)cc3)cc2[N+](=O)[O-])c2cccc3cccc1c23. The second-order valence-corrected chi connectivity index (χ2v) is 9.78. The topological polar surface area (TPSA) is 131 Å². The van der Waals surface area contributed by atoms with E-state index in [0.29, 0.717) is 16.1 Å². The zero-order valence-corrected chi connectivity index (χ0v) is 19.3. The van der Waals surface area contributed by atoms with Gasteiger partial charge in [-0.2, -0.15) is 5.10 Å². The third-order valence-corrected chi connectivity index (χ3v) is 7.11. The van der Waals surface area contributed by atoms with Crippen molar-refractivity contribution in [1.29, 1.82) is 0 Å². The van der Waals surface area contributed by atoms with E-state index in [9.17, 15) is 23.3 Å². The quantitative estimate of drug-likeness (QED) is 0.272. The number of benzene rings is 4. The van der Waals surface area contributed by atoms with Crippen molar-refractivity contribution in [3.63, 3.8) is 0 Å². The predicted octanol–water partition coefficient (Wildman–Crippen LogP) is 5.21. The van der Waals surface area contributed by atoms with Gasteiger partial charge in [-0.15, -0.1) is 0 Å². The van der Waals surface area contributed by atoms with Crippen LogP contribution in [0.4, 0.5) is 17.1 Å². The first-order chi connectivity index (χ1) is 16.7. The van der Waals surface area contributed by atoms with Crippen molar-refractivity contribution in [3.8, 4) is 0 Å². The number of hydrogen-bond donors (Lipinski definition) is 2. The lowest BCUT2D eigenvalue weighted by molar-refractivity contribution is -0.384. The molecule has 0 aromatic heterocycles. The lowest BCUT2D eigenvalue weighted by atomic mass is 10.1. The summed E-state index contributed by atoms with van der Waals surface area (Å²) in [6.07, 6.45) is 0. The third kappa shape index (κ3) is 4.09. The fourth-order valence-corrected chi connectivity index (χ4v) is 5.06. The van der Waals surface area contributed by atoms with Crippen LogP contribution in [0.2, 0.25) is 5.02 Å². The molecule has 0 heterocycles. The van der Waals surface area contributed by atoms with Crippen LogP contribution in [-0.4, -0.2) is 24.8 Å². The second-order valence-electron chi connectivity index (χ2n) is 7.66. The van der Waals surface area contributed by atoms with Crippen LogP contribution in [0.1, 0.15) is 15.9 Å². The molecule has 4 aromatic rings. The number of sulfonamides is 1. The molecule has 0 unspecified atom stereocenters. The van der Waals surface area contributed by atoms with Crippen LogP contribution in [-0.2, 0) is 10.0 Å². The second kappa shape index (κ2) is 8.49. The molecule has 4 aromatic carbocycles. The molecular formula is C24H15ClN4O5S. The lowest BCUT2D eigenvalue weighted by Gasteiger charge is -2.10. The van der Waals surface area contributed by atoms with E-state index >= 15 is 0 Å². The van der Waals surface area contributed by atoms with Crippen LogP contribution >= 0.6 is 11.6 Å². The molecule has 35 heavy (non-hydrogen) atoms. The van der Waals surface area contributed by atoms with Crippen molar-refractivity contribution in [1.82, 2.24) is 0 Å². The van der Waals surface area contributed by atoms with Crippen LogP contribution in [0.25, 0.3) is 10.8 Å². The molecule has 2 N–H and O–H groups in total. The van der Waals surface area contributed by atoms with E-state index in [1.165, 1.54) is 36.4 Å². The molecule has 0 aliphatic heterocycles. The van der Waals surface area contributed by atoms with Gasteiger partial charge in [0, 0.05) is 33.3 Å². The average Bonchev–Trinajstić information content (AvgIpc) is 3.11. The number of halogens is 1. The first-order valence-corrected chi connectivity index (χ1v) is 12.1. The molecule has 174 valence electrons. The van der Waals surface area contributed by atoms with Crippen LogP contribution < -0.4 is 10.1 Å². The maximum atomic E-state index is 12.9. The molecule has 1 aliphatic rings. The van der Waals surface area contributed by atoms with Crippen molar-refractivity contribution in [2.75, 3.05) is 10.1 Å². The number of rotatable bonds is 6. The molecule has 0 fully saturated rings. The van der Waals surface area contributed by atoms with Gasteiger partial charge >= 0.3 is 0 Å². The van der Waals surface area contributed by atoms with Crippen LogP contribution in [0.5, 0.6) is 0 Å². The van der Waals surface area contributed by atoms with Crippen molar-refractivity contribution in [2.45, 2.75) is 4.90 Å². The summed E-state index contributed by atoms with van der Waals surface area (Å²) in [5, 5.41) is 18.0. The number of nitro benzene ring substituents is 1. The summed E-state index contributed by atoms with van der Waals surface area (Å²) in [5.41, 5.74) is 3.48. The number of Topliss-reactive ketones (excluding diaryl/α,β-unsaturated/α-hetero) is 1. The Morgan fingerprint density at radius 1 is 0.914 bits per heavy atom. The molecule has 1 aliphatic carbocycles. The Morgan fingerprint density at radius 2 is 1.60 bits per heavy atom. The first kappa shape index (κ1) is 22.5. The number of hydrazone groups is 1. The average molecular weight is 507 g/mol. The summed E-state index contributed by atoms with van der Waals surface area (Å²) >= 11 is 5.82. The van der Waals surface area contributed by atoms with E-state index in [4.69, 9.17) is 11.6 Å². The fourth-order valence-electron chi connectivity index (χ4n) is 3.86. The number of nitrogens with zero attached hydrogens (tertiary/aromatic N) is 2. The highest BCUT2D eigenvalue weighted by Gasteiger charge is 2.29. The zero-order valence-electron chi connectivity index (χ0n) is 17.7. The molecule has 5 rings (SSSR count). The van der Waals surface area contributed by atoms with Gasteiger partial charge in [0.25, 0.3) is 15.7 Å². The Bertz CT molecular complexity index is 1660. The lowest BCUT2D eigenvalue weighted by Crippen LogP contribution is -2.14. The van der Waals surface area contributed by atoms with Crippen molar-refractivity contribution in [3.05, 3.63) is 105 Å². The van der Waals surface area contributed by atoms with Crippen LogP contribution in [0.3, 0.4) is 0 Å². The summed E-state index contributed by atoms with van der Waals surface area (Å²) in [4.78, 5) is 23.6. The van der Waals surface area contributed by atoms with E-state index in [1.54, 1.807) is 24.3 Å². The molecule has 0 bridgehead atoms. The molecule has 9 nitrogen and oxygen atoms in total. The fraction of sp³-hybridized carbons (Fsp3) is 0. The Hall–Kier alpha value is -4.28. The Morgan fingerprint density at radius 3 is 2.29 bits per heavy atom. The van der Waals surface area contributed by atoms with Crippen molar-refractivity contribution >= 4 is 61.0 Å². The maximum absolute atomic E-state index is 12.9. The van der Waals surface area contributed by atoms with E-state index in [2.05, 4.69) is 15.2 Å². The molecule has 0 amide bonds. The van der Waals surface area contributed by atoms with Crippen LogP contribution in [0, 0.1) is 10.1 Å². The van der Waals surface area contributed by atoms with Gasteiger partial charge in [0.05, 0.1) is 9.82 Å². The Balaban J connectivity index is 1.47. The molecule has 0 radical (unpaired) electrons. The monoisotopic (exact) mass is 506 g/mol. The molecular weight excluding hydrogens is 492 g/mol. The molecule has 11 heteroatoms. The van der Waals surface area contributed by atoms with E-state index in [-0.39, 0.29) is 27.8 Å². The standard InChI is InChI=1S/C24H15ClN4O5S/c25-15-7-9-16(10-8-15)28-35(33,34)17-11-12-20(21(13-17)29(31)32)26-27-23-18-5-1-3-14-4-2-6-19(22(14)18)24(23)30/h1-13,26,28H/b27-23+. The van der Waals surface area contributed by atoms with Gasteiger partial charge in [0.1, 0.15) is 11.4 Å². The summed E-state index contributed by atoms with van der Waals surface area (Å²) in [5.74, 6) is -0.307. The normalized spacial score (nSPS) is 13.9. The Labute approximate surface area is 204 Å². The highest BCUT2D eigenvalue weighted by Crippen LogP contribution is 2.32. The number of nitro groups is 1. The maximum Gasteiger partial charge on any atom is 0.295 e. The van der Waals surface area contributed by atoms with E-state index in [1.807, 2.05) is 12.1 Å². The summed E-state index contributed by atoms with van der Waals surface area (Å²) in [6, 6.07) is 20.1. The van der Waals surface area contributed by atoms with Crippen molar-refractivity contribution < 1.29 is 18.1 Å². The number of hydrogen-bond acceptors (Lipinski definition) is 7. The largest absolute Gasteiger partial charge is 0.295 e. The minimum absolute atomic E-state index is 0.0659. The van der Waals surface area contributed by atoms with Gasteiger partial charge in [0.2, 0.25) is 5.78 Å². The number of ketones is 1. The number of carbonyl (C=O) groups is 1. The number of anilines is 2. The van der Waals surface area contributed by atoms with Gasteiger partial charge in [0.15, 0.2) is 0 Å². The van der Waals surface area contributed by atoms with Crippen molar-refractivity contribution in [2.24, 2.45) is 5.10 Å². The molecule has 0 saturated carbocycles. The minimum Gasteiger partial charge on any atom is -0.287 e. The summed E-state index contributed by atoms with van der Waals surface area (Å²) < 4.78 is 27.9. The molecule has 0 spiro atoms. The van der Waals surface area contributed by atoms with Gasteiger partial charge in [-0.05, 0) is 41.8 Å².